The number of aromatic nitrogens is 3. The largest absolute Gasteiger partial charge is 0.356 e. The number of imidazole rings is 1. The van der Waals surface area contributed by atoms with Crippen LogP contribution in [0.4, 0.5) is 5.82 Å². The molecular weight excluding hydrogens is 338 g/mol. The zero-order valence-corrected chi connectivity index (χ0v) is 15.6. The van der Waals surface area contributed by atoms with Gasteiger partial charge in [0.1, 0.15) is 17.3 Å². The summed E-state index contributed by atoms with van der Waals surface area (Å²) >= 11 is 0. The summed E-state index contributed by atoms with van der Waals surface area (Å²) in [4.78, 5) is 27.2. The van der Waals surface area contributed by atoms with Crippen molar-refractivity contribution in [1.29, 1.82) is 0 Å². The van der Waals surface area contributed by atoms with Crippen LogP contribution in [0.2, 0.25) is 0 Å². The Balaban J connectivity index is 1.43. The molecule has 27 heavy (non-hydrogen) atoms. The maximum absolute atomic E-state index is 12.6. The highest BCUT2D eigenvalue weighted by atomic mass is 16.1. The Labute approximate surface area is 159 Å². The third kappa shape index (κ3) is 4.27. The van der Waals surface area contributed by atoms with Gasteiger partial charge in [-0.25, -0.2) is 9.97 Å². The predicted molar refractivity (Wildman–Crippen MR) is 107 cm³/mol. The van der Waals surface area contributed by atoms with Gasteiger partial charge < -0.3 is 15.2 Å². The second kappa shape index (κ2) is 7.78. The Morgan fingerprint density at radius 1 is 1.19 bits per heavy atom. The Kier molecular flexibility index (Phi) is 5.05. The molecule has 0 saturated heterocycles. The summed E-state index contributed by atoms with van der Waals surface area (Å²) in [6, 6.07) is 13.5. The highest BCUT2D eigenvalue weighted by molar-refractivity contribution is 5.92. The Morgan fingerprint density at radius 2 is 2.04 bits per heavy atom. The molecule has 0 spiro atoms. The number of hydrogen-bond donors (Lipinski definition) is 2. The number of amides is 1. The number of aromatic amines is 1. The standard InChI is InChI=1S/C21H25N5O/c1-2-12-26(14-15-10-11-15)20-9-5-8-18(25-20)21(27)22-13-19-23-16-6-3-4-7-17(16)24-19/h3-9,15H,2,10-14H2,1H3,(H,22,27)(H,23,24). The van der Waals surface area contributed by atoms with Gasteiger partial charge in [0, 0.05) is 13.1 Å². The van der Waals surface area contributed by atoms with Crippen LogP contribution in [0.1, 0.15) is 42.5 Å². The van der Waals surface area contributed by atoms with Crippen LogP contribution in [-0.4, -0.2) is 33.9 Å². The van der Waals surface area contributed by atoms with E-state index in [0.29, 0.717) is 12.2 Å². The fourth-order valence-electron chi connectivity index (χ4n) is 3.25. The predicted octanol–water partition coefficient (Wildman–Crippen LogP) is 3.51. The van der Waals surface area contributed by atoms with Crippen LogP contribution >= 0.6 is 0 Å². The Hall–Kier alpha value is -2.89. The maximum atomic E-state index is 12.6. The van der Waals surface area contributed by atoms with E-state index in [4.69, 9.17) is 0 Å². The number of fused-ring (bicyclic) bond motifs is 1. The summed E-state index contributed by atoms with van der Waals surface area (Å²) in [5, 5.41) is 2.91. The van der Waals surface area contributed by atoms with Crippen molar-refractivity contribution in [3.63, 3.8) is 0 Å². The number of hydrogen-bond acceptors (Lipinski definition) is 4. The molecular formula is C21H25N5O. The number of nitrogens with zero attached hydrogens (tertiary/aromatic N) is 3. The summed E-state index contributed by atoms with van der Waals surface area (Å²) in [5.41, 5.74) is 2.31. The summed E-state index contributed by atoms with van der Waals surface area (Å²) in [5.74, 6) is 2.23. The lowest BCUT2D eigenvalue weighted by Gasteiger charge is -2.23. The van der Waals surface area contributed by atoms with E-state index >= 15 is 0 Å². The Morgan fingerprint density at radius 3 is 2.81 bits per heavy atom. The van der Waals surface area contributed by atoms with E-state index in [1.165, 1.54) is 12.8 Å². The number of benzene rings is 1. The molecule has 1 amide bonds. The van der Waals surface area contributed by atoms with Crippen molar-refractivity contribution in [2.24, 2.45) is 5.92 Å². The van der Waals surface area contributed by atoms with Crippen molar-refractivity contribution < 1.29 is 4.79 Å². The highest BCUT2D eigenvalue weighted by Crippen LogP contribution is 2.31. The molecule has 0 radical (unpaired) electrons. The molecule has 6 heteroatoms. The SMILES string of the molecule is CCCN(CC1CC1)c1cccc(C(=O)NCc2nc3ccccc3[nH]2)n1. The monoisotopic (exact) mass is 363 g/mol. The van der Waals surface area contributed by atoms with Crippen LogP contribution in [0.3, 0.4) is 0 Å². The van der Waals surface area contributed by atoms with Crippen LogP contribution in [0.25, 0.3) is 11.0 Å². The molecule has 140 valence electrons. The summed E-state index contributed by atoms with van der Waals surface area (Å²) in [6.07, 6.45) is 3.67. The Bertz CT molecular complexity index is 898. The second-order valence-electron chi connectivity index (χ2n) is 7.15. The van der Waals surface area contributed by atoms with Crippen LogP contribution in [0.5, 0.6) is 0 Å². The number of carbonyl (C=O) groups is 1. The number of H-pyrrole nitrogens is 1. The second-order valence-corrected chi connectivity index (χ2v) is 7.15. The number of rotatable bonds is 8. The molecule has 4 rings (SSSR count). The zero-order valence-electron chi connectivity index (χ0n) is 15.6. The average Bonchev–Trinajstić information content (AvgIpc) is 3.41. The molecule has 0 bridgehead atoms. The zero-order chi connectivity index (χ0) is 18.6. The normalized spacial score (nSPS) is 13.7. The molecule has 1 aliphatic rings. The minimum Gasteiger partial charge on any atom is -0.356 e. The van der Waals surface area contributed by atoms with Gasteiger partial charge in [0.2, 0.25) is 0 Å². The fourth-order valence-corrected chi connectivity index (χ4v) is 3.25. The van der Waals surface area contributed by atoms with Gasteiger partial charge in [-0.15, -0.1) is 0 Å². The van der Waals surface area contributed by atoms with Crippen molar-refractivity contribution in [3.05, 3.63) is 54.0 Å². The van der Waals surface area contributed by atoms with E-state index in [0.717, 1.165) is 48.1 Å². The van der Waals surface area contributed by atoms with E-state index in [2.05, 4.69) is 32.1 Å². The van der Waals surface area contributed by atoms with Crippen LogP contribution in [0.15, 0.2) is 42.5 Å². The molecule has 2 aromatic heterocycles. The smallest absolute Gasteiger partial charge is 0.270 e. The van der Waals surface area contributed by atoms with Gasteiger partial charge >= 0.3 is 0 Å². The number of para-hydroxylation sites is 2. The van der Waals surface area contributed by atoms with Gasteiger partial charge in [0.05, 0.1) is 17.6 Å². The van der Waals surface area contributed by atoms with Gasteiger partial charge in [0.15, 0.2) is 0 Å². The van der Waals surface area contributed by atoms with E-state index in [1.807, 2.05) is 36.4 Å². The van der Waals surface area contributed by atoms with Gasteiger partial charge in [-0.05, 0) is 49.4 Å². The highest BCUT2D eigenvalue weighted by Gasteiger charge is 2.25. The molecule has 0 atom stereocenters. The third-order valence-corrected chi connectivity index (χ3v) is 4.81. The van der Waals surface area contributed by atoms with Gasteiger partial charge in [-0.2, -0.15) is 0 Å². The van der Waals surface area contributed by atoms with E-state index in [1.54, 1.807) is 6.07 Å². The van der Waals surface area contributed by atoms with Gasteiger partial charge in [-0.1, -0.05) is 25.1 Å². The third-order valence-electron chi connectivity index (χ3n) is 4.81. The molecule has 6 nitrogen and oxygen atoms in total. The van der Waals surface area contributed by atoms with Crippen molar-refractivity contribution in [2.45, 2.75) is 32.7 Å². The number of anilines is 1. The maximum Gasteiger partial charge on any atom is 0.270 e. The minimum absolute atomic E-state index is 0.180. The molecule has 3 aromatic rings. The lowest BCUT2D eigenvalue weighted by Crippen LogP contribution is -2.29. The molecule has 1 fully saturated rings. The topological polar surface area (TPSA) is 73.9 Å². The molecule has 2 heterocycles. The van der Waals surface area contributed by atoms with Crippen molar-refractivity contribution in [3.8, 4) is 0 Å². The lowest BCUT2D eigenvalue weighted by atomic mass is 10.3. The summed E-state index contributed by atoms with van der Waals surface area (Å²) in [6.45, 7) is 4.52. The molecule has 2 N–H and O–H groups in total. The van der Waals surface area contributed by atoms with Crippen LogP contribution in [-0.2, 0) is 6.54 Å². The molecule has 1 aliphatic carbocycles. The molecule has 1 saturated carbocycles. The summed E-state index contributed by atoms with van der Waals surface area (Å²) < 4.78 is 0. The van der Waals surface area contributed by atoms with Crippen molar-refractivity contribution in [1.82, 2.24) is 20.3 Å². The molecule has 0 aliphatic heterocycles. The number of nitrogens with one attached hydrogen (secondary N) is 2. The quantitative estimate of drug-likeness (QED) is 0.642. The lowest BCUT2D eigenvalue weighted by molar-refractivity contribution is 0.0945. The van der Waals surface area contributed by atoms with Crippen molar-refractivity contribution >= 4 is 22.8 Å². The number of carbonyl (C=O) groups excluding carboxylic acids is 1. The molecule has 1 aromatic carbocycles. The molecule has 0 unspecified atom stereocenters. The van der Waals surface area contributed by atoms with Gasteiger partial charge in [-0.3, -0.25) is 4.79 Å². The first-order chi connectivity index (χ1) is 13.2. The van der Waals surface area contributed by atoms with Gasteiger partial charge in [0.25, 0.3) is 5.91 Å². The van der Waals surface area contributed by atoms with E-state index in [9.17, 15) is 4.79 Å². The minimum atomic E-state index is -0.180. The fraction of sp³-hybridized carbons (Fsp3) is 0.381. The first kappa shape index (κ1) is 17.5. The first-order valence-electron chi connectivity index (χ1n) is 9.66. The van der Waals surface area contributed by atoms with Crippen LogP contribution in [0, 0.1) is 5.92 Å². The van der Waals surface area contributed by atoms with E-state index < -0.39 is 0 Å². The van der Waals surface area contributed by atoms with E-state index in [-0.39, 0.29) is 5.91 Å². The first-order valence-corrected chi connectivity index (χ1v) is 9.66. The number of pyridine rings is 1. The average molecular weight is 363 g/mol. The summed E-state index contributed by atoms with van der Waals surface area (Å²) in [7, 11) is 0. The van der Waals surface area contributed by atoms with Crippen molar-refractivity contribution in [2.75, 3.05) is 18.0 Å². The van der Waals surface area contributed by atoms with Crippen LogP contribution < -0.4 is 10.2 Å².